The zero-order chi connectivity index (χ0) is 12.3. The highest BCUT2D eigenvalue weighted by Gasteiger charge is 2.17. The standard InChI is InChI=1S/C9H12N2O4S/c1-11(2)16(14,15)8-4-3-7(10-6-8)5-9(12)13/h3-4,6H,5H2,1-2H3,(H,12,13). The van der Waals surface area contributed by atoms with E-state index in [9.17, 15) is 13.2 Å². The highest BCUT2D eigenvalue weighted by Crippen LogP contribution is 2.11. The van der Waals surface area contributed by atoms with Crippen molar-refractivity contribution in [2.75, 3.05) is 14.1 Å². The first-order chi connectivity index (χ1) is 7.34. The number of carbonyl (C=O) groups is 1. The number of nitrogens with zero attached hydrogens (tertiary/aromatic N) is 2. The zero-order valence-electron chi connectivity index (χ0n) is 8.91. The Labute approximate surface area is 93.6 Å². The fraction of sp³-hybridized carbons (Fsp3) is 0.333. The molecule has 0 amide bonds. The number of sulfonamides is 1. The van der Waals surface area contributed by atoms with Crippen molar-refractivity contribution in [1.82, 2.24) is 9.29 Å². The molecule has 7 heteroatoms. The summed E-state index contributed by atoms with van der Waals surface area (Å²) in [7, 11) is -0.664. The van der Waals surface area contributed by atoms with E-state index in [0.717, 1.165) is 10.5 Å². The van der Waals surface area contributed by atoms with Crippen LogP contribution in [0.25, 0.3) is 0 Å². The lowest BCUT2D eigenvalue weighted by molar-refractivity contribution is -0.136. The summed E-state index contributed by atoms with van der Waals surface area (Å²) in [6.45, 7) is 0. The van der Waals surface area contributed by atoms with Crippen molar-refractivity contribution in [2.45, 2.75) is 11.3 Å². The third-order valence-electron chi connectivity index (χ3n) is 1.91. The third kappa shape index (κ3) is 2.77. The third-order valence-corrected chi connectivity index (χ3v) is 3.71. The minimum Gasteiger partial charge on any atom is -0.481 e. The van der Waals surface area contributed by atoms with Crippen LogP contribution in [0.15, 0.2) is 23.2 Å². The van der Waals surface area contributed by atoms with Crippen LogP contribution in [0.4, 0.5) is 0 Å². The molecule has 0 atom stereocenters. The number of rotatable bonds is 4. The summed E-state index contributed by atoms with van der Waals surface area (Å²) in [5.41, 5.74) is 0.324. The van der Waals surface area contributed by atoms with Gasteiger partial charge < -0.3 is 5.11 Å². The Kier molecular flexibility index (Phi) is 3.61. The van der Waals surface area contributed by atoms with E-state index < -0.39 is 16.0 Å². The molecule has 0 spiro atoms. The second kappa shape index (κ2) is 4.58. The number of carboxylic acids is 1. The van der Waals surface area contributed by atoms with Crippen molar-refractivity contribution in [3.63, 3.8) is 0 Å². The summed E-state index contributed by atoms with van der Waals surface area (Å²) in [6, 6.07) is 2.74. The average Bonchev–Trinajstić information content (AvgIpc) is 2.17. The molecule has 0 fully saturated rings. The number of aliphatic carboxylic acids is 1. The maximum absolute atomic E-state index is 11.6. The Bertz CT molecular complexity index is 479. The van der Waals surface area contributed by atoms with Gasteiger partial charge in [-0.15, -0.1) is 0 Å². The van der Waals surface area contributed by atoms with Gasteiger partial charge in [-0.25, -0.2) is 12.7 Å². The van der Waals surface area contributed by atoms with Gasteiger partial charge >= 0.3 is 5.97 Å². The topological polar surface area (TPSA) is 87.6 Å². The maximum atomic E-state index is 11.6. The summed E-state index contributed by atoms with van der Waals surface area (Å²) in [4.78, 5) is 14.2. The Morgan fingerprint density at radius 3 is 2.44 bits per heavy atom. The molecule has 0 aromatic carbocycles. The van der Waals surface area contributed by atoms with Crippen LogP contribution in [0, 0.1) is 0 Å². The first-order valence-electron chi connectivity index (χ1n) is 4.43. The molecular formula is C9H12N2O4S. The van der Waals surface area contributed by atoms with Gasteiger partial charge in [-0.05, 0) is 12.1 Å². The molecule has 1 aromatic heterocycles. The molecule has 0 unspecified atom stereocenters. The van der Waals surface area contributed by atoms with Crippen molar-refractivity contribution in [3.05, 3.63) is 24.0 Å². The number of pyridine rings is 1. The fourth-order valence-corrected chi connectivity index (χ4v) is 1.88. The van der Waals surface area contributed by atoms with Crippen LogP contribution >= 0.6 is 0 Å². The van der Waals surface area contributed by atoms with Crippen molar-refractivity contribution in [2.24, 2.45) is 0 Å². The van der Waals surface area contributed by atoms with Gasteiger partial charge in [-0.1, -0.05) is 0 Å². The van der Waals surface area contributed by atoms with E-state index in [1.165, 1.54) is 26.2 Å². The lowest BCUT2D eigenvalue weighted by atomic mass is 10.3. The SMILES string of the molecule is CN(C)S(=O)(=O)c1ccc(CC(=O)O)nc1. The van der Waals surface area contributed by atoms with E-state index in [1.54, 1.807) is 0 Å². The van der Waals surface area contributed by atoms with Gasteiger partial charge in [0.1, 0.15) is 4.90 Å². The van der Waals surface area contributed by atoms with Crippen LogP contribution in [0.3, 0.4) is 0 Å². The molecule has 0 radical (unpaired) electrons. The molecular weight excluding hydrogens is 232 g/mol. The van der Waals surface area contributed by atoms with Gasteiger partial charge in [-0.3, -0.25) is 9.78 Å². The van der Waals surface area contributed by atoms with E-state index in [2.05, 4.69) is 4.98 Å². The highest BCUT2D eigenvalue weighted by atomic mass is 32.2. The van der Waals surface area contributed by atoms with Crippen molar-refractivity contribution in [3.8, 4) is 0 Å². The minimum atomic E-state index is -3.50. The summed E-state index contributed by atoms with van der Waals surface area (Å²) >= 11 is 0. The summed E-state index contributed by atoms with van der Waals surface area (Å²) in [6.07, 6.45) is 0.940. The van der Waals surface area contributed by atoms with Crippen LogP contribution in [0.2, 0.25) is 0 Å². The molecule has 1 heterocycles. The number of hydrogen-bond acceptors (Lipinski definition) is 4. The summed E-state index contributed by atoms with van der Waals surface area (Å²) in [5, 5.41) is 8.52. The summed E-state index contributed by atoms with van der Waals surface area (Å²) in [5.74, 6) is -1.00. The van der Waals surface area contributed by atoms with Crippen LogP contribution in [-0.2, 0) is 21.2 Å². The monoisotopic (exact) mass is 244 g/mol. The van der Waals surface area contributed by atoms with E-state index in [4.69, 9.17) is 5.11 Å². The minimum absolute atomic E-state index is 0.0478. The second-order valence-corrected chi connectivity index (χ2v) is 5.50. The molecule has 0 aliphatic carbocycles. The smallest absolute Gasteiger partial charge is 0.309 e. The van der Waals surface area contributed by atoms with Gasteiger partial charge in [0, 0.05) is 20.3 Å². The Morgan fingerprint density at radius 2 is 2.06 bits per heavy atom. The number of carboxylic acid groups (broad SMARTS) is 1. The molecule has 6 nitrogen and oxygen atoms in total. The molecule has 0 saturated carbocycles. The normalized spacial score (nSPS) is 11.7. The Balaban J connectivity index is 3.00. The zero-order valence-corrected chi connectivity index (χ0v) is 9.73. The predicted octanol–water partition coefficient (Wildman–Crippen LogP) is -0.0410. The molecule has 0 aliphatic rings. The quantitative estimate of drug-likeness (QED) is 0.802. The summed E-state index contributed by atoms with van der Waals surface area (Å²) < 4.78 is 24.3. The van der Waals surface area contributed by atoms with E-state index in [-0.39, 0.29) is 11.3 Å². The van der Waals surface area contributed by atoms with Gasteiger partial charge in [0.2, 0.25) is 10.0 Å². The number of aromatic nitrogens is 1. The van der Waals surface area contributed by atoms with Crippen molar-refractivity contribution in [1.29, 1.82) is 0 Å². The fourth-order valence-electron chi connectivity index (χ4n) is 1.03. The van der Waals surface area contributed by atoms with E-state index >= 15 is 0 Å². The maximum Gasteiger partial charge on any atom is 0.309 e. The molecule has 1 N–H and O–H groups in total. The van der Waals surface area contributed by atoms with Gasteiger partial charge in [0.25, 0.3) is 0 Å². The molecule has 0 saturated heterocycles. The van der Waals surface area contributed by atoms with Gasteiger partial charge in [0.05, 0.1) is 12.1 Å². The molecule has 0 aliphatic heterocycles. The van der Waals surface area contributed by atoms with E-state index in [0.29, 0.717) is 5.69 Å². The lowest BCUT2D eigenvalue weighted by Gasteiger charge is -2.10. The van der Waals surface area contributed by atoms with Crippen molar-refractivity contribution < 1.29 is 18.3 Å². The van der Waals surface area contributed by atoms with Crippen LogP contribution < -0.4 is 0 Å². The average molecular weight is 244 g/mol. The van der Waals surface area contributed by atoms with Crippen molar-refractivity contribution >= 4 is 16.0 Å². The Morgan fingerprint density at radius 1 is 1.44 bits per heavy atom. The first-order valence-corrected chi connectivity index (χ1v) is 5.87. The molecule has 1 aromatic rings. The largest absolute Gasteiger partial charge is 0.481 e. The first kappa shape index (κ1) is 12.6. The van der Waals surface area contributed by atoms with Gasteiger partial charge in [-0.2, -0.15) is 0 Å². The molecule has 0 bridgehead atoms. The highest BCUT2D eigenvalue weighted by molar-refractivity contribution is 7.89. The van der Waals surface area contributed by atoms with Crippen LogP contribution in [0.5, 0.6) is 0 Å². The molecule has 16 heavy (non-hydrogen) atoms. The predicted molar refractivity (Wildman–Crippen MR) is 56.4 cm³/mol. The van der Waals surface area contributed by atoms with Crippen LogP contribution in [-0.4, -0.2) is 42.9 Å². The van der Waals surface area contributed by atoms with Crippen LogP contribution in [0.1, 0.15) is 5.69 Å². The second-order valence-electron chi connectivity index (χ2n) is 3.34. The Hall–Kier alpha value is -1.47. The molecule has 88 valence electrons. The van der Waals surface area contributed by atoms with E-state index in [1.807, 2.05) is 0 Å². The number of hydrogen-bond donors (Lipinski definition) is 1. The molecule has 1 rings (SSSR count). The lowest BCUT2D eigenvalue weighted by Crippen LogP contribution is -2.22. The van der Waals surface area contributed by atoms with Gasteiger partial charge in [0.15, 0.2) is 0 Å².